The second-order valence-corrected chi connectivity index (χ2v) is 3.64. The van der Waals surface area contributed by atoms with Crippen LogP contribution in [0.3, 0.4) is 0 Å². The molecule has 0 aliphatic heterocycles. The van der Waals surface area contributed by atoms with Crippen molar-refractivity contribution in [2.45, 2.75) is 6.42 Å². The first-order valence-electron chi connectivity index (χ1n) is 5.72. The van der Waals surface area contributed by atoms with E-state index in [1.54, 1.807) is 24.3 Å². The maximum Gasteiger partial charge on any atom is 0.231 e. The van der Waals surface area contributed by atoms with Gasteiger partial charge in [-0.3, -0.25) is 0 Å². The molecule has 2 rings (SSSR count). The number of rotatable bonds is 2. The first-order chi connectivity index (χ1) is 10.1. The Kier molecular flexibility index (Phi) is 9.07. The van der Waals surface area contributed by atoms with Gasteiger partial charge in [0.05, 0.1) is 0 Å². The fourth-order valence-corrected chi connectivity index (χ4v) is 1.53. The maximum absolute atomic E-state index is 9.58. The molecule has 0 amide bonds. The zero-order valence-corrected chi connectivity index (χ0v) is 11.0. The van der Waals surface area contributed by atoms with Gasteiger partial charge in [-0.1, -0.05) is 36.4 Å². The van der Waals surface area contributed by atoms with Crippen LogP contribution in [0.4, 0.5) is 0 Å². The SMILES string of the molecule is N=C=O.N=C=O.Oc1ccccc1Cc1ccccc1O. The van der Waals surface area contributed by atoms with Crippen molar-refractivity contribution < 1.29 is 19.8 Å². The highest BCUT2D eigenvalue weighted by Gasteiger charge is 2.04. The molecule has 0 aliphatic carbocycles. The van der Waals surface area contributed by atoms with Crippen molar-refractivity contribution in [1.82, 2.24) is 0 Å². The van der Waals surface area contributed by atoms with Crippen molar-refractivity contribution in [3.05, 3.63) is 59.7 Å². The number of phenols is 2. The molecule has 0 saturated heterocycles. The third kappa shape index (κ3) is 7.08. The van der Waals surface area contributed by atoms with Crippen molar-refractivity contribution in [2.24, 2.45) is 0 Å². The number of nitrogens with one attached hydrogen (secondary N) is 2. The number of hydrogen-bond donors (Lipinski definition) is 4. The zero-order chi connectivity index (χ0) is 16.1. The number of isocyanates is 2. The van der Waals surface area contributed by atoms with Crippen LogP contribution in [0.2, 0.25) is 0 Å². The average molecular weight is 286 g/mol. The average Bonchev–Trinajstić information content (AvgIpc) is 2.45. The van der Waals surface area contributed by atoms with Crippen molar-refractivity contribution in [3.8, 4) is 11.5 Å². The highest BCUT2D eigenvalue weighted by Crippen LogP contribution is 2.24. The summed E-state index contributed by atoms with van der Waals surface area (Å²) in [6, 6.07) is 14.3. The molecule has 2 aromatic carbocycles. The largest absolute Gasteiger partial charge is 0.508 e. The molecule has 0 radical (unpaired) electrons. The summed E-state index contributed by atoms with van der Waals surface area (Å²) in [5.41, 5.74) is 1.64. The second-order valence-electron chi connectivity index (χ2n) is 3.64. The van der Waals surface area contributed by atoms with Crippen LogP contribution in [-0.4, -0.2) is 22.4 Å². The van der Waals surface area contributed by atoms with Crippen LogP contribution in [0.25, 0.3) is 0 Å². The fourth-order valence-electron chi connectivity index (χ4n) is 1.53. The summed E-state index contributed by atoms with van der Waals surface area (Å²) in [6.07, 6.45) is 2.04. The van der Waals surface area contributed by atoms with Crippen LogP contribution in [0.1, 0.15) is 11.1 Å². The monoisotopic (exact) mass is 286 g/mol. The Balaban J connectivity index is 0.000000578. The van der Waals surface area contributed by atoms with E-state index in [0.717, 1.165) is 23.3 Å². The Bertz CT molecular complexity index is 574. The minimum atomic E-state index is 0.265. The van der Waals surface area contributed by atoms with E-state index >= 15 is 0 Å². The number of aromatic hydroxyl groups is 2. The van der Waals surface area contributed by atoms with E-state index in [2.05, 4.69) is 0 Å². The predicted octanol–water partition coefficient (Wildman–Crippen LogP) is 2.49. The minimum Gasteiger partial charge on any atom is -0.508 e. The molecule has 0 aromatic heterocycles. The van der Waals surface area contributed by atoms with E-state index in [1.165, 1.54) is 0 Å². The number of phenolic OH excluding ortho intramolecular Hbond substituents is 2. The third-order valence-corrected chi connectivity index (χ3v) is 2.36. The van der Waals surface area contributed by atoms with Crippen LogP contribution in [0.5, 0.6) is 11.5 Å². The first-order valence-corrected chi connectivity index (χ1v) is 5.72. The Morgan fingerprint density at radius 1 is 0.762 bits per heavy atom. The molecule has 0 bridgehead atoms. The molecule has 2 aromatic rings. The van der Waals surface area contributed by atoms with E-state index in [-0.39, 0.29) is 11.5 Å². The molecule has 108 valence electrons. The van der Waals surface area contributed by atoms with Gasteiger partial charge in [-0.2, -0.15) is 0 Å². The summed E-state index contributed by atoms with van der Waals surface area (Å²) in [4.78, 5) is 16.7. The molecule has 4 N–H and O–H groups in total. The molecule has 21 heavy (non-hydrogen) atoms. The van der Waals surface area contributed by atoms with Crippen LogP contribution < -0.4 is 0 Å². The summed E-state index contributed by atoms with van der Waals surface area (Å²) in [5.74, 6) is 0.529. The van der Waals surface area contributed by atoms with Gasteiger partial charge in [-0.15, -0.1) is 0 Å². The van der Waals surface area contributed by atoms with Gasteiger partial charge in [0.1, 0.15) is 11.5 Å². The Morgan fingerprint density at radius 3 is 1.33 bits per heavy atom. The van der Waals surface area contributed by atoms with Crippen molar-refractivity contribution in [3.63, 3.8) is 0 Å². The Hall–Kier alpha value is -3.20. The molecule has 0 fully saturated rings. The molecule has 6 heteroatoms. The van der Waals surface area contributed by atoms with Crippen molar-refractivity contribution in [2.75, 3.05) is 0 Å². The van der Waals surface area contributed by atoms with Gasteiger partial charge in [-0.25, -0.2) is 20.4 Å². The van der Waals surface area contributed by atoms with Crippen LogP contribution in [0.15, 0.2) is 48.5 Å². The summed E-state index contributed by atoms with van der Waals surface area (Å²) in [5, 5.41) is 30.0. The van der Waals surface area contributed by atoms with Gasteiger partial charge in [0.2, 0.25) is 12.2 Å². The molecular formula is C15H14N2O4. The lowest BCUT2D eigenvalue weighted by molar-refractivity contribution is 0.463. The Labute approximate surface area is 121 Å². The lowest BCUT2D eigenvalue weighted by Crippen LogP contribution is -1.88. The summed E-state index contributed by atoms with van der Waals surface area (Å²) >= 11 is 0. The molecule has 0 spiro atoms. The van der Waals surface area contributed by atoms with Gasteiger partial charge in [0, 0.05) is 6.42 Å². The number of hydrogen-bond acceptors (Lipinski definition) is 6. The lowest BCUT2D eigenvalue weighted by atomic mass is 10.0. The summed E-state index contributed by atoms with van der Waals surface area (Å²) in [7, 11) is 0. The summed E-state index contributed by atoms with van der Waals surface area (Å²) in [6.45, 7) is 0. The fraction of sp³-hybridized carbons (Fsp3) is 0.0667. The van der Waals surface area contributed by atoms with E-state index < -0.39 is 0 Å². The van der Waals surface area contributed by atoms with Crippen LogP contribution in [0, 0.1) is 10.8 Å². The van der Waals surface area contributed by atoms with Gasteiger partial charge < -0.3 is 10.2 Å². The van der Waals surface area contributed by atoms with Crippen molar-refractivity contribution in [1.29, 1.82) is 10.8 Å². The summed E-state index contributed by atoms with van der Waals surface area (Å²) < 4.78 is 0. The minimum absolute atomic E-state index is 0.265. The van der Waals surface area contributed by atoms with Crippen LogP contribution >= 0.6 is 0 Å². The highest BCUT2D eigenvalue weighted by molar-refractivity contribution is 5.41. The second kappa shape index (κ2) is 10.7. The van der Waals surface area contributed by atoms with E-state index in [0.29, 0.717) is 6.42 Å². The quantitative estimate of drug-likeness (QED) is 0.500. The lowest BCUT2D eigenvalue weighted by Gasteiger charge is -2.05. The number of para-hydroxylation sites is 2. The topological polar surface area (TPSA) is 122 Å². The van der Waals surface area contributed by atoms with Gasteiger partial charge in [0.25, 0.3) is 0 Å². The van der Waals surface area contributed by atoms with Crippen molar-refractivity contribution >= 4 is 12.2 Å². The molecule has 0 aliphatic rings. The van der Waals surface area contributed by atoms with E-state index in [1.807, 2.05) is 24.3 Å². The van der Waals surface area contributed by atoms with Crippen LogP contribution in [-0.2, 0) is 16.0 Å². The normalized spacial score (nSPS) is 8.00. The standard InChI is InChI=1S/C13H12O2.2CHNO/c14-12-7-3-1-5-10(12)9-11-6-2-4-8-13(11)15;2*2-1-3/h1-8,14-15H,9H2;2*2H. The molecule has 6 nitrogen and oxygen atoms in total. The predicted molar refractivity (Wildman–Crippen MR) is 75.8 cm³/mol. The van der Waals surface area contributed by atoms with Gasteiger partial charge >= 0.3 is 0 Å². The highest BCUT2D eigenvalue weighted by atomic mass is 16.3. The van der Waals surface area contributed by atoms with Gasteiger partial charge in [-0.05, 0) is 23.3 Å². The molecule has 0 unspecified atom stereocenters. The number of carbonyl (C=O) groups excluding carboxylic acids is 2. The van der Waals surface area contributed by atoms with Gasteiger partial charge in [0.15, 0.2) is 0 Å². The molecule has 0 heterocycles. The molecule has 0 atom stereocenters. The Morgan fingerprint density at radius 2 is 1.05 bits per heavy atom. The van der Waals surface area contributed by atoms with E-state index in [4.69, 9.17) is 20.4 Å². The molecule has 0 saturated carbocycles. The zero-order valence-electron chi connectivity index (χ0n) is 11.0. The first kappa shape index (κ1) is 17.8. The van der Waals surface area contributed by atoms with E-state index in [9.17, 15) is 10.2 Å². The molecular weight excluding hydrogens is 272 g/mol. The number of benzene rings is 2. The third-order valence-electron chi connectivity index (χ3n) is 2.36. The maximum atomic E-state index is 9.58. The smallest absolute Gasteiger partial charge is 0.231 e.